The first-order valence-corrected chi connectivity index (χ1v) is 12.2. The van der Waals surface area contributed by atoms with E-state index in [1.54, 1.807) is 24.1 Å². The second kappa shape index (κ2) is 10.6. The Morgan fingerprint density at radius 2 is 1.77 bits per heavy atom. The first-order chi connectivity index (χ1) is 16.9. The molecule has 10 heteroatoms. The monoisotopic (exact) mass is 497 g/mol. The molecule has 0 spiro atoms. The molecule has 9 nitrogen and oxygen atoms in total. The van der Waals surface area contributed by atoms with Crippen LogP contribution in [0.3, 0.4) is 0 Å². The zero-order valence-corrected chi connectivity index (χ0v) is 20.9. The standard InChI is InChI=1S/C25H27N3O6S/c1-5-31-20-11-16(12-21(32-6-2)23(20)33-7-3)24(30)27-25-26-17(14-35-25)15-8-9-19-18(10-15)28(4)22(29)13-34-19/h8-12,14H,5-7,13H2,1-4H3,(H,26,27,30). The quantitative estimate of drug-likeness (QED) is 0.461. The number of amides is 2. The predicted octanol–water partition coefficient (Wildman–Crippen LogP) is 4.61. The first kappa shape index (κ1) is 24.3. The lowest BCUT2D eigenvalue weighted by atomic mass is 10.1. The van der Waals surface area contributed by atoms with Gasteiger partial charge in [-0.05, 0) is 51.1 Å². The van der Waals surface area contributed by atoms with Crippen molar-refractivity contribution in [3.63, 3.8) is 0 Å². The van der Waals surface area contributed by atoms with Crippen LogP contribution >= 0.6 is 11.3 Å². The van der Waals surface area contributed by atoms with Crippen molar-refractivity contribution in [2.24, 2.45) is 0 Å². The maximum Gasteiger partial charge on any atom is 0.264 e. The number of anilines is 2. The largest absolute Gasteiger partial charge is 0.490 e. The van der Waals surface area contributed by atoms with E-state index in [4.69, 9.17) is 18.9 Å². The second-order valence-corrected chi connectivity index (χ2v) is 8.37. The van der Waals surface area contributed by atoms with E-state index >= 15 is 0 Å². The van der Waals surface area contributed by atoms with Crippen LogP contribution in [0.2, 0.25) is 0 Å². The van der Waals surface area contributed by atoms with E-state index in [1.165, 1.54) is 11.3 Å². The summed E-state index contributed by atoms with van der Waals surface area (Å²) < 4.78 is 22.6. The topological polar surface area (TPSA) is 99.2 Å². The third kappa shape index (κ3) is 5.17. The van der Waals surface area contributed by atoms with Crippen LogP contribution in [0, 0.1) is 0 Å². The summed E-state index contributed by atoms with van der Waals surface area (Å²) in [6, 6.07) is 8.81. The fraction of sp³-hybridized carbons (Fsp3) is 0.320. The predicted molar refractivity (Wildman–Crippen MR) is 134 cm³/mol. The van der Waals surface area contributed by atoms with Gasteiger partial charge in [-0.1, -0.05) is 0 Å². The second-order valence-electron chi connectivity index (χ2n) is 7.52. The summed E-state index contributed by atoms with van der Waals surface area (Å²) >= 11 is 1.30. The lowest BCUT2D eigenvalue weighted by Gasteiger charge is -2.26. The number of nitrogens with one attached hydrogen (secondary N) is 1. The minimum atomic E-state index is -0.347. The third-order valence-corrected chi connectivity index (χ3v) is 5.99. The van der Waals surface area contributed by atoms with Gasteiger partial charge in [0.05, 0.1) is 31.2 Å². The number of hydrogen-bond acceptors (Lipinski definition) is 8. The number of carbonyl (C=O) groups excluding carboxylic acids is 2. The van der Waals surface area contributed by atoms with Gasteiger partial charge in [0.2, 0.25) is 5.75 Å². The molecule has 0 unspecified atom stereocenters. The van der Waals surface area contributed by atoms with Crippen molar-refractivity contribution in [2.45, 2.75) is 20.8 Å². The lowest BCUT2D eigenvalue weighted by Crippen LogP contribution is -2.35. The highest BCUT2D eigenvalue weighted by atomic mass is 32.1. The van der Waals surface area contributed by atoms with Gasteiger partial charge < -0.3 is 23.8 Å². The average Bonchev–Trinajstić information content (AvgIpc) is 3.32. The molecule has 0 saturated carbocycles. The van der Waals surface area contributed by atoms with Gasteiger partial charge in [-0.3, -0.25) is 14.9 Å². The normalized spacial score (nSPS) is 12.6. The Hall–Kier alpha value is -3.79. The Kier molecular flexibility index (Phi) is 7.40. The van der Waals surface area contributed by atoms with Crippen LogP contribution < -0.4 is 29.2 Å². The van der Waals surface area contributed by atoms with Gasteiger partial charge >= 0.3 is 0 Å². The number of nitrogens with zero attached hydrogens (tertiary/aromatic N) is 2. The third-order valence-electron chi connectivity index (χ3n) is 5.24. The summed E-state index contributed by atoms with van der Waals surface area (Å²) in [5.74, 6) is 1.55. The van der Waals surface area contributed by atoms with E-state index in [-0.39, 0.29) is 18.4 Å². The number of thiazole rings is 1. The molecule has 0 bridgehead atoms. The molecule has 0 radical (unpaired) electrons. The Bertz CT molecular complexity index is 1210. The Balaban J connectivity index is 1.57. The fourth-order valence-corrected chi connectivity index (χ4v) is 4.30. The summed E-state index contributed by atoms with van der Waals surface area (Å²) in [5, 5.41) is 5.13. The van der Waals surface area contributed by atoms with Crippen molar-refractivity contribution in [3.05, 3.63) is 41.3 Å². The fourth-order valence-electron chi connectivity index (χ4n) is 3.58. The van der Waals surface area contributed by atoms with Crippen LogP contribution in [0.5, 0.6) is 23.0 Å². The summed E-state index contributed by atoms with van der Waals surface area (Å²) in [6.07, 6.45) is 0. The van der Waals surface area contributed by atoms with Crippen LogP contribution in [0.1, 0.15) is 31.1 Å². The van der Waals surface area contributed by atoms with Crippen molar-refractivity contribution in [1.29, 1.82) is 0 Å². The lowest BCUT2D eigenvalue weighted by molar-refractivity contribution is -0.120. The molecule has 0 aliphatic carbocycles. The van der Waals surface area contributed by atoms with Crippen LogP contribution in [-0.2, 0) is 4.79 Å². The first-order valence-electron chi connectivity index (χ1n) is 11.3. The van der Waals surface area contributed by atoms with Crippen molar-refractivity contribution in [3.8, 4) is 34.3 Å². The molecule has 2 heterocycles. The van der Waals surface area contributed by atoms with E-state index in [2.05, 4.69) is 10.3 Å². The van der Waals surface area contributed by atoms with Crippen molar-refractivity contribution in [2.75, 3.05) is 43.7 Å². The average molecular weight is 498 g/mol. The van der Waals surface area contributed by atoms with Gasteiger partial charge in [-0.25, -0.2) is 4.98 Å². The molecule has 2 amide bonds. The number of aromatic nitrogens is 1. The van der Waals surface area contributed by atoms with E-state index in [0.717, 1.165) is 5.56 Å². The van der Waals surface area contributed by atoms with Gasteiger partial charge in [0.15, 0.2) is 23.2 Å². The number of rotatable bonds is 9. The number of fused-ring (bicyclic) bond motifs is 1. The highest BCUT2D eigenvalue weighted by Crippen LogP contribution is 2.40. The van der Waals surface area contributed by atoms with Crippen LogP contribution in [-0.4, -0.2) is 50.3 Å². The van der Waals surface area contributed by atoms with Gasteiger partial charge in [0.25, 0.3) is 11.8 Å². The zero-order valence-electron chi connectivity index (χ0n) is 20.0. The minimum Gasteiger partial charge on any atom is -0.490 e. The summed E-state index contributed by atoms with van der Waals surface area (Å²) in [6.45, 7) is 6.89. The molecule has 0 atom stereocenters. The molecule has 2 aromatic carbocycles. The smallest absolute Gasteiger partial charge is 0.264 e. The SMILES string of the molecule is CCOc1cc(C(=O)Nc2nc(-c3ccc4c(c3)N(C)C(=O)CO4)cs2)cc(OCC)c1OCC. The molecule has 1 aliphatic heterocycles. The van der Waals surface area contributed by atoms with E-state index in [9.17, 15) is 9.59 Å². The van der Waals surface area contributed by atoms with E-state index < -0.39 is 0 Å². The number of benzene rings is 2. The van der Waals surface area contributed by atoms with Gasteiger partial charge in [0, 0.05) is 23.6 Å². The molecular weight excluding hydrogens is 470 g/mol. The van der Waals surface area contributed by atoms with Gasteiger partial charge in [0.1, 0.15) is 5.75 Å². The van der Waals surface area contributed by atoms with Crippen molar-refractivity contribution < 1.29 is 28.5 Å². The molecule has 3 aromatic rings. The molecule has 1 N–H and O–H groups in total. The van der Waals surface area contributed by atoms with Crippen LogP contribution in [0.4, 0.5) is 10.8 Å². The number of carbonyl (C=O) groups is 2. The molecular formula is C25H27N3O6S. The zero-order chi connectivity index (χ0) is 24.9. The number of hydrogen-bond donors (Lipinski definition) is 1. The molecule has 0 saturated heterocycles. The number of likely N-dealkylation sites (N-methyl/N-ethyl adjacent to an activating group) is 1. The maximum absolute atomic E-state index is 13.1. The molecule has 184 valence electrons. The molecule has 1 aliphatic rings. The molecule has 35 heavy (non-hydrogen) atoms. The van der Waals surface area contributed by atoms with Crippen molar-refractivity contribution >= 4 is 34.0 Å². The summed E-state index contributed by atoms with van der Waals surface area (Å²) in [4.78, 5) is 31.1. The van der Waals surface area contributed by atoms with Gasteiger partial charge in [-0.2, -0.15) is 0 Å². The highest BCUT2D eigenvalue weighted by Gasteiger charge is 2.23. The Morgan fingerprint density at radius 1 is 1.09 bits per heavy atom. The molecule has 0 fully saturated rings. The van der Waals surface area contributed by atoms with E-state index in [0.29, 0.717) is 64.9 Å². The molecule has 4 rings (SSSR count). The summed E-state index contributed by atoms with van der Waals surface area (Å²) in [5.41, 5.74) is 2.53. The Labute approximate surface area is 207 Å². The van der Waals surface area contributed by atoms with Crippen LogP contribution in [0.15, 0.2) is 35.7 Å². The van der Waals surface area contributed by atoms with E-state index in [1.807, 2.05) is 44.4 Å². The maximum atomic E-state index is 13.1. The number of ether oxygens (including phenoxy) is 4. The van der Waals surface area contributed by atoms with Crippen molar-refractivity contribution in [1.82, 2.24) is 4.98 Å². The summed E-state index contributed by atoms with van der Waals surface area (Å²) in [7, 11) is 1.71. The molecule has 1 aromatic heterocycles. The Morgan fingerprint density at radius 3 is 2.43 bits per heavy atom. The highest BCUT2D eigenvalue weighted by molar-refractivity contribution is 7.14. The van der Waals surface area contributed by atoms with Gasteiger partial charge in [-0.15, -0.1) is 11.3 Å². The van der Waals surface area contributed by atoms with Crippen LogP contribution in [0.25, 0.3) is 11.3 Å². The minimum absolute atomic E-state index is 0.0251.